The average Bonchev–Trinajstić information content (AvgIpc) is 2.96. The molecule has 1 heterocycles. The molecule has 0 saturated heterocycles. The molecule has 0 aliphatic heterocycles. The van der Waals surface area contributed by atoms with E-state index in [-0.39, 0.29) is 17.5 Å². The fourth-order valence-corrected chi connectivity index (χ4v) is 3.82. The van der Waals surface area contributed by atoms with Crippen LogP contribution in [0.2, 0.25) is 0 Å². The predicted molar refractivity (Wildman–Crippen MR) is 113 cm³/mol. The molecular formula is C24H28FNO3. The quantitative estimate of drug-likeness (QED) is 0.540. The summed E-state index contributed by atoms with van der Waals surface area (Å²) in [6.07, 6.45) is 1.04. The second-order valence-corrected chi connectivity index (χ2v) is 8.68. The number of nitrogens with zero attached hydrogens (tertiary/aromatic N) is 1. The Balaban J connectivity index is 2.27. The molecule has 154 valence electrons. The Kier molecular flexibility index (Phi) is 5.44. The lowest BCUT2D eigenvalue weighted by molar-refractivity contribution is -0.147. The van der Waals surface area contributed by atoms with Gasteiger partial charge in [0.05, 0.1) is 10.9 Å². The van der Waals surface area contributed by atoms with Gasteiger partial charge in [0.2, 0.25) is 0 Å². The Morgan fingerprint density at radius 3 is 2.45 bits per heavy atom. The van der Waals surface area contributed by atoms with Crippen LogP contribution in [0.5, 0.6) is 5.75 Å². The van der Waals surface area contributed by atoms with Gasteiger partial charge in [0, 0.05) is 16.8 Å². The number of aliphatic carboxylic acids is 1. The van der Waals surface area contributed by atoms with E-state index in [9.17, 15) is 19.4 Å². The number of hydrogen-bond donors (Lipinski definition) is 2. The minimum absolute atomic E-state index is 0.151. The van der Waals surface area contributed by atoms with Gasteiger partial charge in [-0.05, 0) is 87.1 Å². The fraction of sp³-hybridized carbons (Fsp3) is 0.375. The van der Waals surface area contributed by atoms with Crippen LogP contribution in [0, 0.1) is 18.2 Å². The van der Waals surface area contributed by atoms with Gasteiger partial charge < -0.3 is 14.8 Å². The highest BCUT2D eigenvalue weighted by Gasteiger charge is 2.29. The van der Waals surface area contributed by atoms with Crippen molar-refractivity contribution in [1.29, 1.82) is 0 Å². The predicted octanol–water partition coefficient (Wildman–Crippen LogP) is 5.95. The molecule has 0 aliphatic carbocycles. The van der Waals surface area contributed by atoms with E-state index in [4.69, 9.17) is 0 Å². The molecular weight excluding hydrogens is 369 g/mol. The van der Waals surface area contributed by atoms with Crippen molar-refractivity contribution in [3.63, 3.8) is 0 Å². The van der Waals surface area contributed by atoms with Crippen molar-refractivity contribution in [1.82, 2.24) is 4.57 Å². The second kappa shape index (κ2) is 7.54. The molecule has 0 radical (unpaired) electrons. The Morgan fingerprint density at radius 1 is 1.17 bits per heavy atom. The number of phenolic OH excluding ortho intramolecular Hbond substituents is 1. The molecule has 0 spiro atoms. The highest BCUT2D eigenvalue weighted by molar-refractivity contribution is 5.89. The number of aromatic nitrogens is 1. The number of aryl methyl sites for hydroxylation is 2. The summed E-state index contributed by atoms with van der Waals surface area (Å²) in [6, 6.07) is 10.3. The van der Waals surface area contributed by atoms with E-state index in [2.05, 4.69) is 18.4 Å². The van der Waals surface area contributed by atoms with Crippen LogP contribution in [-0.2, 0) is 11.2 Å². The standard InChI is InChI=1S/C24H28FNO3/c1-14(2)22-18(10-11-24(4,5)23(28)29)19-13-17(27)7-9-21(19)26(22)16-6-8-20(25)15(3)12-16/h6-9,12-14,27H,10-11H2,1-5H3,(H,28,29). The van der Waals surface area contributed by atoms with Gasteiger partial charge in [0.15, 0.2) is 0 Å². The molecule has 4 nitrogen and oxygen atoms in total. The first-order valence-corrected chi connectivity index (χ1v) is 9.89. The molecule has 0 aliphatic rings. The van der Waals surface area contributed by atoms with Crippen molar-refractivity contribution in [2.24, 2.45) is 5.41 Å². The number of carboxylic acids is 1. The molecule has 0 atom stereocenters. The van der Waals surface area contributed by atoms with Crippen molar-refractivity contribution < 1.29 is 19.4 Å². The SMILES string of the molecule is Cc1cc(-n2c(C(C)C)c(CCC(C)(C)C(=O)O)c3cc(O)ccc32)ccc1F. The van der Waals surface area contributed by atoms with Gasteiger partial charge in [0.1, 0.15) is 11.6 Å². The summed E-state index contributed by atoms with van der Waals surface area (Å²) in [5, 5.41) is 20.5. The smallest absolute Gasteiger partial charge is 0.309 e. The van der Waals surface area contributed by atoms with Gasteiger partial charge >= 0.3 is 5.97 Å². The third-order valence-electron chi connectivity index (χ3n) is 5.62. The van der Waals surface area contributed by atoms with Gasteiger partial charge in [0.25, 0.3) is 0 Å². The van der Waals surface area contributed by atoms with Crippen molar-refractivity contribution >= 4 is 16.9 Å². The molecule has 0 saturated carbocycles. The third-order valence-corrected chi connectivity index (χ3v) is 5.62. The van der Waals surface area contributed by atoms with Crippen LogP contribution in [-0.4, -0.2) is 20.7 Å². The summed E-state index contributed by atoms with van der Waals surface area (Å²) in [5.41, 5.74) is 3.56. The van der Waals surface area contributed by atoms with Crippen molar-refractivity contribution in [2.45, 2.75) is 53.4 Å². The first kappa shape index (κ1) is 20.9. The molecule has 3 rings (SSSR count). The number of benzene rings is 2. The maximum atomic E-state index is 13.9. The Bertz CT molecular complexity index is 1080. The van der Waals surface area contributed by atoms with E-state index < -0.39 is 11.4 Å². The summed E-state index contributed by atoms with van der Waals surface area (Å²) >= 11 is 0. The van der Waals surface area contributed by atoms with Crippen LogP contribution in [0.4, 0.5) is 4.39 Å². The lowest BCUT2D eigenvalue weighted by Crippen LogP contribution is -2.24. The zero-order valence-electron chi connectivity index (χ0n) is 17.6. The van der Waals surface area contributed by atoms with Gasteiger partial charge in [-0.3, -0.25) is 4.79 Å². The van der Waals surface area contributed by atoms with E-state index in [1.807, 2.05) is 12.1 Å². The second-order valence-electron chi connectivity index (χ2n) is 8.68. The number of carboxylic acid groups (broad SMARTS) is 1. The highest BCUT2D eigenvalue weighted by atomic mass is 19.1. The molecule has 1 aromatic heterocycles. The largest absolute Gasteiger partial charge is 0.508 e. The van der Waals surface area contributed by atoms with E-state index in [0.717, 1.165) is 27.8 Å². The molecule has 5 heteroatoms. The van der Waals surface area contributed by atoms with Crippen LogP contribution in [0.1, 0.15) is 56.9 Å². The summed E-state index contributed by atoms with van der Waals surface area (Å²) in [7, 11) is 0. The van der Waals surface area contributed by atoms with Gasteiger partial charge in [-0.25, -0.2) is 4.39 Å². The molecule has 0 amide bonds. The Labute approximate surface area is 170 Å². The topological polar surface area (TPSA) is 62.5 Å². The van der Waals surface area contributed by atoms with Crippen LogP contribution in [0.3, 0.4) is 0 Å². The first-order valence-electron chi connectivity index (χ1n) is 9.89. The lowest BCUT2D eigenvalue weighted by atomic mass is 9.85. The number of rotatable bonds is 6. The maximum absolute atomic E-state index is 13.9. The van der Waals surface area contributed by atoms with Crippen molar-refractivity contribution in [3.05, 3.63) is 59.0 Å². The molecule has 3 aromatic rings. The minimum Gasteiger partial charge on any atom is -0.508 e. The summed E-state index contributed by atoms with van der Waals surface area (Å²) < 4.78 is 16.0. The molecule has 2 N–H and O–H groups in total. The molecule has 29 heavy (non-hydrogen) atoms. The maximum Gasteiger partial charge on any atom is 0.309 e. The molecule has 0 unspecified atom stereocenters. The van der Waals surface area contributed by atoms with Gasteiger partial charge in [-0.1, -0.05) is 13.8 Å². The molecule has 0 bridgehead atoms. The summed E-state index contributed by atoms with van der Waals surface area (Å²) in [6.45, 7) is 9.37. The number of halogens is 1. The van der Waals surface area contributed by atoms with Crippen LogP contribution in [0.25, 0.3) is 16.6 Å². The zero-order chi connectivity index (χ0) is 21.5. The van der Waals surface area contributed by atoms with Crippen LogP contribution in [0.15, 0.2) is 36.4 Å². The van der Waals surface area contributed by atoms with Crippen molar-refractivity contribution in [3.8, 4) is 11.4 Å². The van der Waals surface area contributed by atoms with Crippen molar-refractivity contribution in [2.75, 3.05) is 0 Å². The third kappa shape index (κ3) is 3.86. The highest BCUT2D eigenvalue weighted by Crippen LogP contribution is 2.38. The Morgan fingerprint density at radius 2 is 1.86 bits per heavy atom. The molecule has 0 fully saturated rings. The lowest BCUT2D eigenvalue weighted by Gasteiger charge is -2.20. The summed E-state index contributed by atoms with van der Waals surface area (Å²) in [5.74, 6) is -0.765. The Hall–Kier alpha value is -2.82. The van der Waals surface area contributed by atoms with E-state index >= 15 is 0 Å². The van der Waals surface area contributed by atoms with E-state index in [0.29, 0.717) is 18.4 Å². The summed E-state index contributed by atoms with van der Waals surface area (Å²) in [4.78, 5) is 11.6. The van der Waals surface area contributed by atoms with Crippen LogP contribution >= 0.6 is 0 Å². The number of aromatic hydroxyl groups is 1. The normalized spacial score (nSPS) is 12.1. The fourth-order valence-electron chi connectivity index (χ4n) is 3.82. The number of fused-ring (bicyclic) bond motifs is 1. The first-order chi connectivity index (χ1) is 13.5. The van der Waals surface area contributed by atoms with Gasteiger partial charge in [-0.2, -0.15) is 0 Å². The number of hydrogen-bond acceptors (Lipinski definition) is 2. The zero-order valence-corrected chi connectivity index (χ0v) is 17.6. The van der Waals surface area contributed by atoms with Gasteiger partial charge in [-0.15, -0.1) is 0 Å². The number of carbonyl (C=O) groups is 1. The molecule has 2 aromatic carbocycles. The monoisotopic (exact) mass is 397 g/mol. The van der Waals surface area contributed by atoms with E-state index in [1.54, 1.807) is 39.0 Å². The number of phenols is 1. The minimum atomic E-state index is -0.855. The van der Waals surface area contributed by atoms with E-state index in [1.165, 1.54) is 6.07 Å². The van der Waals surface area contributed by atoms with Crippen LogP contribution < -0.4 is 0 Å². The average molecular weight is 397 g/mol.